The second-order valence-electron chi connectivity index (χ2n) is 8.39. The zero-order valence-electron chi connectivity index (χ0n) is 18.7. The van der Waals surface area contributed by atoms with Crippen molar-refractivity contribution in [1.82, 2.24) is 25.4 Å². The molecule has 2 heterocycles. The average molecular weight is 526 g/mol. The first-order chi connectivity index (χ1) is 13.9. The number of hydrogen-bond donors (Lipinski definition) is 2. The Morgan fingerprint density at radius 1 is 1.37 bits per heavy atom. The van der Waals surface area contributed by atoms with Gasteiger partial charge in [-0.2, -0.15) is 5.10 Å². The van der Waals surface area contributed by atoms with E-state index in [9.17, 15) is 0 Å². The van der Waals surface area contributed by atoms with Gasteiger partial charge in [-0.3, -0.25) is 4.99 Å². The maximum absolute atomic E-state index is 5.15. The lowest BCUT2D eigenvalue weighted by molar-refractivity contribution is 0.177. The number of rotatable bonds is 7. The molecule has 0 fully saturated rings. The summed E-state index contributed by atoms with van der Waals surface area (Å²) >= 11 is 0. The van der Waals surface area contributed by atoms with Crippen LogP contribution in [0, 0.1) is 6.92 Å². The Hall–Kier alpha value is -1.68. The molecule has 0 saturated carbocycles. The van der Waals surface area contributed by atoms with Gasteiger partial charge in [0.1, 0.15) is 12.4 Å². The van der Waals surface area contributed by atoms with E-state index in [1.54, 1.807) is 7.11 Å². The third kappa shape index (κ3) is 6.41. The topological polar surface area (TPSA) is 76.4 Å². The van der Waals surface area contributed by atoms with Gasteiger partial charge in [-0.1, -0.05) is 43.7 Å². The number of aryl methyl sites for hydroxylation is 2. The van der Waals surface area contributed by atoms with Crippen LogP contribution in [0.25, 0.3) is 0 Å². The highest BCUT2D eigenvalue weighted by atomic mass is 127. The number of aromatic nitrogens is 3. The van der Waals surface area contributed by atoms with Crippen LogP contribution in [0.15, 0.2) is 29.3 Å². The minimum atomic E-state index is -0.0327. The van der Waals surface area contributed by atoms with E-state index in [4.69, 9.17) is 9.73 Å². The fourth-order valence-electron chi connectivity index (χ4n) is 3.62. The van der Waals surface area contributed by atoms with Gasteiger partial charge in [-0.15, -0.1) is 24.0 Å². The van der Waals surface area contributed by atoms with Crippen molar-refractivity contribution in [1.29, 1.82) is 0 Å². The predicted octanol–water partition coefficient (Wildman–Crippen LogP) is 3.20. The number of halogens is 1. The van der Waals surface area contributed by atoms with Crippen molar-refractivity contribution in [3.05, 3.63) is 47.0 Å². The molecule has 0 bridgehead atoms. The van der Waals surface area contributed by atoms with E-state index in [0.717, 1.165) is 43.5 Å². The number of nitrogens with zero attached hydrogens (tertiary/aromatic N) is 4. The van der Waals surface area contributed by atoms with E-state index in [1.807, 2.05) is 4.68 Å². The van der Waals surface area contributed by atoms with Crippen LogP contribution in [0.2, 0.25) is 0 Å². The minimum absolute atomic E-state index is 0. The number of guanidine groups is 1. The molecule has 1 unspecified atom stereocenters. The van der Waals surface area contributed by atoms with Crippen LogP contribution in [-0.2, 0) is 29.7 Å². The molecule has 1 atom stereocenters. The second kappa shape index (κ2) is 11.1. The van der Waals surface area contributed by atoms with Crippen LogP contribution < -0.4 is 10.6 Å². The third-order valence-electron chi connectivity index (χ3n) is 5.29. The third-order valence-corrected chi connectivity index (χ3v) is 5.29. The van der Waals surface area contributed by atoms with Gasteiger partial charge in [0, 0.05) is 31.5 Å². The van der Waals surface area contributed by atoms with E-state index in [-0.39, 0.29) is 35.4 Å². The van der Waals surface area contributed by atoms with Crippen molar-refractivity contribution in [2.24, 2.45) is 4.99 Å². The quantitative estimate of drug-likeness (QED) is 0.329. The van der Waals surface area contributed by atoms with E-state index in [0.29, 0.717) is 13.2 Å². The summed E-state index contributed by atoms with van der Waals surface area (Å²) in [7, 11) is 1.67. The summed E-state index contributed by atoms with van der Waals surface area (Å²) in [4.78, 5) is 9.46. The van der Waals surface area contributed by atoms with Gasteiger partial charge >= 0.3 is 0 Å². The molecule has 7 nitrogen and oxygen atoms in total. The van der Waals surface area contributed by atoms with Crippen LogP contribution >= 0.6 is 24.0 Å². The molecule has 2 N–H and O–H groups in total. The Bertz CT molecular complexity index is 848. The molecule has 0 saturated heterocycles. The van der Waals surface area contributed by atoms with Gasteiger partial charge in [0.25, 0.3) is 0 Å². The summed E-state index contributed by atoms with van der Waals surface area (Å²) in [6.45, 7) is 11.5. The normalized spacial score (nSPS) is 16.6. The second-order valence-corrected chi connectivity index (χ2v) is 8.39. The minimum Gasteiger partial charge on any atom is -0.377 e. The number of benzene rings is 1. The summed E-state index contributed by atoms with van der Waals surface area (Å²) in [6.07, 6.45) is 1.92. The number of aliphatic imine (C=N–C) groups is 1. The number of hydrogen-bond acceptors (Lipinski definition) is 4. The van der Waals surface area contributed by atoms with Crippen LogP contribution in [0.1, 0.15) is 50.0 Å². The predicted molar refractivity (Wildman–Crippen MR) is 132 cm³/mol. The molecule has 30 heavy (non-hydrogen) atoms. The molecular weight excluding hydrogens is 491 g/mol. The maximum Gasteiger partial charge on any atom is 0.191 e. The fourth-order valence-corrected chi connectivity index (χ4v) is 3.62. The Balaban J connectivity index is 0.00000320. The molecule has 0 spiro atoms. The first-order valence-corrected chi connectivity index (χ1v) is 10.4. The van der Waals surface area contributed by atoms with Gasteiger partial charge in [0.15, 0.2) is 11.8 Å². The summed E-state index contributed by atoms with van der Waals surface area (Å²) < 4.78 is 7.15. The molecule has 166 valence electrons. The summed E-state index contributed by atoms with van der Waals surface area (Å²) in [5.41, 5.74) is 2.56. The Morgan fingerprint density at radius 2 is 2.17 bits per heavy atom. The van der Waals surface area contributed by atoms with E-state index in [2.05, 4.69) is 72.7 Å². The molecule has 8 heteroatoms. The highest BCUT2D eigenvalue weighted by molar-refractivity contribution is 14.0. The molecule has 1 aliphatic heterocycles. The van der Waals surface area contributed by atoms with Crippen molar-refractivity contribution in [2.45, 2.75) is 65.1 Å². The Labute approximate surface area is 197 Å². The molecule has 0 radical (unpaired) electrons. The largest absolute Gasteiger partial charge is 0.377 e. The summed E-state index contributed by atoms with van der Waals surface area (Å²) in [6, 6.07) is 8.97. The molecule has 3 rings (SSSR count). The molecule has 2 aromatic rings. The zero-order chi connectivity index (χ0) is 20.9. The standard InChI is InChI=1S/C22H34N6O.HI/c1-6-23-21(24-15-22(3,4)17-9-7-8-16(2)12-17)25-18-10-11-20-26-19(14-29-5)27-28(20)13-18;/h7-9,12,18H,6,10-11,13-15H2,1-5H3,(H2,23,24,25);1H. The zero-order valence-corrected chi connectivity index (χ0v) is 21.1. The first kappa shape index (κ1) is 24.6. The number of nitrogens with one attached hydrogen (secondary N) is 2. The summed E-state index contributed by atoms with van der Waals surface area (Å²) in [5.74, 6) is 2.65. The van der Waals surface area contributed by atoms with Crippen molar-refractivity contribution < 1.29 is 4.74 Å². The molecule has 1 aromatic carbocycles. The SMILES string of the molecule is CCNC(=NCC(C)(C)c1cccc(C)c1)NC1CCc2nc(COC)nn2C1.I. The van der Waals surface area contributed by atoms with E-state index < -0.39 is 0 Å². The number of methoxy groups -OCH3 is 1. The van der Waals surface area contributed by atoms with Gasteiger partial charge < -0.3 is 15.4 Å². The van der Waals surface area contributed by atoms with E-state index in [1.165, 1.54) is 11.1 Å². The highest BCUT2D eigenvalue weighted by Gasteiger charge is 2.24. The van der Waals surface area contributed by atoms with Crippen LogP contribution in [0.5, 0.6) is 0 Å². The van der Waals surface area contributed by atoms with Crippen LogP contribution in [0.3, 0.4) is 0 Å². The Morgan fingerprint density at radius 3 is 2.87 bits per heavy atom. The molecule has 0 amide bonds. The van der Waals surface area contributed by atoms with Gasteiger partial charge in [0.05, 0.1) is 13.1 Å². The highest BCUT2D eigenvalue weighted by Crippen LogP contribution is 2.24. The molecule has 1 aliphatic rings. The van der Waals surface area contributed by atoms with Crippen molar-refractivity contribution >= 4 is 29.9 Å². The lowest BCUT2D eigenvalue weighted by Gasteiger charge is -2.27. The van der Waals surface area contributed by atoms with Crippen LogP contribution in [0.4, 0.5) is 0 Å². The smallest absolute Gasteiger partial charge is 0.191 e. The van der Waals surface area contributed by atoms with Crippen molar-refractivity contribution in [3.63, 3.8) is 0 Å². The number of ether oxygens (including phenoxy) is 1. The lowest BCUT2D eigenvalue weighted by Crippen LogP contribution is -2.47. The average Bonchev–Trinajstić information content (AvgIpc) is 3.08. The lowest BCUT2D eigenvalue weighted by atomic mass is 9.84. The molecular formula is C22H35IN6O. The molecule has 0 aliphatic carbocycles. The monoisotopic (exact) mass is 526 g/mol. The van der Waals surface area contributed by atoms with Crippen molar-refractivity contribution in [3.8, 4) is 0 Å². The Kier molecular flexibility index (Phi) is 9.09. The molecule has 1 aromatic heterocycles. The maximum atomic E-state index is 5.15. The van der Waals surface area contributed by atoms with Gasteiger partial charge in [0.2, 0.25) is 0 Å². The van der Waals surface area contributed by atoms with Gasteiger partial charge in [-0.05, 0) is 25.8 Å². The van der Waals surface area contributed by atoms with Crippen LogP contribution in [-0.4, -0.2) is 47.0 Å². The van der Waals surface area contributed by atoms with Crippen molar-refractivity contribution in [2.75, 3.05) is 20.2 Å². The fraction of sp³-hybridized carbons (Fsp3) is 0.591. The summed E-state index contributed by atoms with van der Waals surface area (Å²) in [5, 5.41) is 11.5. The van der Waals surface area contributed by atoms with E-state index >= 15 is 0 Å². The van der Waals surface area contributed by atoms with Gasteiger partial charge in [-0.25, -0.2) is 9.67 Å². The first-order valence-electron chi connectivity index (χ1n) is 10.4. The number of fused-ring (bicyclic) bond motifs is 1.